The van der Waals surface area contributed by atoms with E-state index in [1.807, 2.05) is 35.3 Å². The summed E-state index contributed by atoms with van der Waals surface area (Å²) in [5.41, 5.74) is 2.57. The largest absolute Gasteiger partial charge is 0.494 e. The van der Waals surface area contributed by atoms with Crippen LogP contribution in [0.2, 0.25) is 0 Å². The second-order valence-electron chi connectivity index (χ2n) is 8.05. The lowest BCUT2D eigenvalue weighted by molar-refractivity contribution is 0.318. The van der Waals surface area contributed by atoms with E-state index in [0.29, 0.717) is 0 Å². The van der Waals surface area contributed by atoms with Crippen LogP contribution < -0.4 is 9.47 Å². The van der Waals surface area contributed by atoms with E-state index in [4.69, 9.17) is 9.47 Å². The molecule has 0 amide bonds. The predicted molar refractivity (Wildman–Crippen MR) is 169 cm³/mol. The quantitative estimate of drug-likeness (QED) is 0.113. The van der Waals surface area contributed by atoms with Crippen molar-refractivity contribution in [2.24, 2.45) is 0 Å². The minimum atomic E-state index is 0.784. The number of benzene rings is 2. The lowest BCUT2D eigenvalue weighted by Crippen LogP contribution is -2.00. The van der Waals surface area contributed by atoms with E-state index < -0.39 is 0 Å². The van der Waals surface area contributed by atoms with Crippen molar-refractivity contribution in [3.63, 3.8) is 0 Å². The molecule has 0 N–H and O–H groups in total. The minimum absolute atomic E-state index is 0.784. The molecule has 0 spiro atoms. The lowest BCUT2D eigenvalue weighted by atomic mass is 10.0. The molecule has 7 heteroatoms. The van der Waals surface area contributed by atoms with Gasteiger partial charge in [0.15, 0.2) is 0 Å². The number of thioether (sulfide) groups is 4. The maximum absolute atomic E-state index is 6.00. The van der Waals surface area contributed by atoms with Gasteiger partial charge < -0.3 is 9.47 Å². The Labute approximate surface area is 236 Å². The molecular formula is C28H42O2S5. The van der Waals surface area contributed by atoms with Gasteiger partial charge in [0.25, 0.3) is 0 Å². The molecule has 2 nitrogen and oxygen atoms in total. The van der Waals surface area contributed by atoms with Crippen LogP contribution in [0.15, 0.2) is 48.5 Å². The van der Waals surface area contributed by atoms with E-state index in [-0.39, 0.29) is 0 Å². The molecule has 0 atom stereocenters. The first-order valence-electron chi connectivity index (χ1n) is 12.7. The van der Waals surface area contributed by atoms with Crippen LogP contribution in [-0.4, -0.2) is 65.0 Å². The van der Waals surface area contributed by atoms with Crippen molar-refractivity contribution < 1.29 is 9.47 Å². The molecule has 0 aromatic heterocycles. The minimum Gasteiger partial charge on any atom is -0.494 e. The van der Waals surface area contributed by atoms with Crippen molar-refractivity contribution in [1.82, 2.24) is 0 Å². The summed E-state index contributed by atoms with van der Waals surface area (Å²) in [5.74, 6) is 12.6. The summed E-state index contributed by atoms with van der Waals surface area (Å²) in [5, 5.41) is 0. The van der Waals surface area contributed by atoms with Crippen molar-refractivity contribution in [2.45, 2.75) is 32.6 Å². The van der Waals surface area contributed by atoms with Gasteiger partial charge in [0, 0.05) is 28.8 Å². The predicted octanol–water partition coefficient (Wildman–Crippen LogP) is 8.09. The summed E-state index contributed by atoms with van der Waals surface area (Å²) in [7, 11) is 0. The van der Waals surface area contributed by atoms with Crippen molar-refractivity contribution >= 4 is 59.7 Å². The molecule has 0 bridgehead atoms. The standard InChI is InChI=1S/C28H42O2S5/c1-2-15-32-19-20-33-17-5-13-30-28-7-3-6-26(24-28)23-25-8-10-27(11-9-25)29-12-4-16-34-21-22-35-18-14-31/h3,6-11,24,31H,2,4-5,12-23H2,1H3. The van der Waals surface area contributed by atoms with Crippen molar-refractivity contribution in [2.75, 3.05) is 65.0 Å². The maximum Gasteiger partial charge on any atom is 0.119 e. The molecule has 0 aliphatic heterocycles. The van der Waals surface area contributed by atoms with E-state index in [9.17, 15) is 0 Å². The zero-order valence-electron chi connectivity index (χ0n) is 21.1. The Balaban J connectivity index is 1.58. The Morgan fingerprint density at radius 3 is 1.86 bits per heavy atom. The summed E-state index contributed by atoms with van der Waals surface area (Å²) in [6, 6.07) is 17.0. The Kier molecular flexibility index (Phi) is 19.3. The Bertz CT molecular complexity index is 757. The van der Waals surface area contributed by atoms with Gasteiger partial charge >= 0.3 is 0 Å². The highest BCUT2D eigenvalue weighted by atomic mass is 32.2. The summed E-state index contributed by atoms with van der Waals surface area (Å²) < 4.78 is 11.9. The molecule has 2 rings (SSSR count). The van der Waals surface area contributed by atoms with E-state index in [2.05, 4.69) is 79.8 Å². The zero-order valence-corrected chi connectivity index (χ0v) is 25.3. The van der Waals surface area contributed by atoms with Gasteiger partial charge in [-0.05, 0) is 84.1 Å². The highest BCUT2D eigenvalue weighted by molar-refractivity contribution is 8.03. The lowest BCUT2D eigenvalue weighted by Gasteiger charge is -2.09. The molecule has 196 valence electrons. The fourth-order valence-electron chi connectivity index (χ4n) is 3.24. The number of rotatable bonds is 22. The summed E-state index contributed by atoms with van der Waals surface area (Å²) in [4.78, 5) is 0. The fraction of sp³-hybridized carbons (Fsp3) is 0.571. The third-order valence-corrected chi connectivity index (χ3v) is 10.3. The Hall–Kier alpha value is -0.210. The molecule has 2 aromatic rings. The topological polar surface area (TPSA) is 18.5 Å². The maximum atomic E-state index is 6.00. The van der Waals surface area contributed by atoms with Gasteiger partial charge in [0.05, 0.1) is 13.2 Å². The zero-order chi connectivity index (χ0) is 24.8. The second kappa shape index (κ2) is 21.8. The van der Waals surface area contributed by atoms with Crippen molar-refractivity contribution in [1.29, 1.82) is 0 Å². The van der Waals surface area contributed by atoms with Gasteiger partial charge in [0.1, 0.15) is 11.5 Å². The van der Waals surface area contributed by atoms with E-state index in [0.717, 1.165) is 61.2 Å². The number of thiol groups is 1. The molecular weight excluding hydrogens is 529 g/mol. The Morgan fingerprint density at radius 1 is 0.629 bits per heavy atom. The van der Waals surface area contributed by atoms with Gasteiger partial charge in [-0.3, -0.25) is 0 Å². The molecule has 0 heterocycles. The van der Waals surface area contributed by atoms with Gasteiger partial charge in [-0.1, -0.05) is 31.2 Å². The first-order chi connectivity index (χ1) is 17.3. The highest BCUT2D eigenvalue weighted by Crippen LogP contribution is 2.20. The normalized spacial score (nSPS) is 11.0. The molecule has 0 aliphatic rings. The first kappa shape index (κ1) is 31.0. The average Bonchev–Trinajstić information content (AvgIpc) is 2.88. The van der Waals surface area contributed by atoms with E-state index >= 15 is 0 Å². The molecule has 0 aliphatic carbocycles. The third kappa shape index (κ3) is 16.3. The molecule has 0 radical (unpaired) electrons. The van der Waals surface area contributed by atoms with Crippen LogP contribution in [0.3, 0.4) is 0 Å². The van der Waals surface area contributed by atoms with Crippen LogP contribution in [0.25, 0.3) is 0 Å². The van der Waals surface area contributed by atoms with Crippen LogP contribution in [0.1, 0.15) is 37.3 Å². The number of hydrogen-bond donors (Lipinski definition) is 1. The first-order valence-corrected chi connectivity index (χ1v) is 17.9. The van der Waals surface area contributed by atoms with Crippen LogP contribution in [-0.2, 0) is 6.42 Å². The Morgan fingerprint density at radius 2 is 1.23 bits per heavy atom. The van der Waals surface area contributed by atoms with E-state index in [1.54, 1.807) is 0 Å². The summed E-state index contributed by atoms with van der Waals surface area (Å²) >= 11 is 12.3. The van der Waals surface area contributed by atoms with Crippen LogP contribution in [0.5, 0.6) is 11.5 Å². The van der Waals surface area contributed by atoms with Gasteiger partial charge in [-0.25, -0.2) is 0 Å². The molecule has 0 fully saturated rings. The summed E-state index contributed by atoms with van der Waals surface area (Å²) in [6.45, 7) is 3.82. The van der Waals surface area contributed by atoms with E-state index in [1.165, 1.54) is 52.1 Å². The molecule has 0 saturated heterocycles. The monoisotopic (exact) mass is 570 g/mol. The smallest absolute Gasteiger partial charge is 0.119 e. The van der Waals surface area contributed by atoms with Crippen molar-refractivity contribution in [3.05, 3.63) is 59.7 Å². The van der Waals surface area contributed by atoms with Crippen LogP contribution >= 0.6 is 59.7 Å². The van der Waals surface area contributed by atoms with Gasteiger partial charge in [0.2, 0.25) is 0 Å². The van der Waals surface area contributed by atoms with Crippen LogP contribution in [0.4, 0.5) is 0 Å². The highest BCUT2D eigenvalue weighted by Gasteiger charge is 2.02. The molecule has 0 unspecified atom stereocenters. The fourth-order valence-corrected chi connectivity index (χ4v) is 7.39. The third-order valence-electron chi connectivity index (χ3n) is 4.96. The number of ether oxygens (including phenoxy) is 2. The van der Waals surface area contributed by atoms with Gasteiger partial charge in [-0.2, -0.15) is 59.7 Å². The number of hydrogen-bond acceptors (Lipinski definition) is 7. The second-order valence-corrected chi connectivity index (χ2v) is 13.4. The molecule has 35 heavy (non-hydrogen) atoms. The van der Waals surface area contributed by atoms with Crippen molar-refractivity contribution in [3.8, 4) is 11.5 Å². The summed E-state index contributed by atoms with van der Waals surface area (Å²) in [6.07, 6.45) is 4.37. The van der Waals surface area contributed by atoms with Crippen LogP contribution in [0, 0.1) is 0 Å². The van der Waals surface area contributed by atoms with Gasteiger partial charge in [-0.15, -0.1) is 0 Å². The molecule has 0 saturated carbocycles. The molecule has 2 aromatic carbocycles. The SMILES string of the molecule is CCCSCCSCCCOc1cccc(Cc2ccc(OCCCSCCSCCS)cc2)c1. The average molecular weight is 571 g/mol.